The van der Waals surface area contributed by atoms with Crippen LogP contribution >= 0.6 is 12.2 Å². The fourth-order valence-corrected chi connectivity index (χ4v) is 3.78. The van der Waals surface area contributed by atoms with Crippen molar-refractivity contribution in [1.29, 1.82) is 0 Å². The highest BCUT2D eigenvalue weighted by Crippen LogP contribution is 2.27. The number of nitrogens with zero attached hydrogens (tertiary/aromatic N) is 5. The number of aromatic nitrogens is 4. The summed E-state index contributed by atoms with van der Waals surface area (Å²) in [6.45, 7) is 7.40. The molecule has 28 heavy (non-hydrogen) atoms. The average Bonchev–Trinajstić information content (AvgIpc) is 3.10. The molecule has 0 radical (unpaired) electrons. The van der Waals surface area contributed by atoms with Crippen LogP contribution in [0.4, 0.5) is 5.69 Å². The minimum atomic E-state index is 0.628. The molecule has 0 atom stereocenters. The first-order valence-electron chi connectivity index (χ1n) is 9.65. The second-order valence-corrected chi connectivity index (χ2v) is 7.17. The SMILES string of the molecule is CCOc1ccccc1N1CC[NH+](Cn2nnn(-c3ccccc3)c2=S)CC1. The molecule has 4 rings (SSSR count). The molecule has 0 saturated carbocycles. The Labute approximate surface area is 169 Å². The molecule has 0 spiro atoms. The van der Waals surface area contributed by atoms with Crippen LogP contribution in [0.1, 0.15) is 6.92 Å². The summed E-state index contributed by atoms with van der Waals surface area (Å²) >= 11 is 5.58. The zero-order valence-electron chi connectivity index (χ0n) is 16.0. The van der Waals surface area contributed by atoms with Crippen molar-refractivity contribution in [2.75, 3.05) is 37.7 Å². The van der Waals surface area contributed by atoms with Crippen molar-refractivity contribution in [3.63, 3.8) is 0 Å². The quantitative estimate of drug-likeness (QED) is 0.640. The van der Waals surface area contributed by atoms with E-state index in [1.807, 2.05) is 54.1 Å². The molecule has 1 aromatic heterocycles. The van der Waals surface area contributed by atoms with Crippen LogP contribution in [0.3, 0.4) is 0 Å². The largest absolute Gasteiger partial charge is 0.492 e. The Morgan fingerprint density at radius 2 is 1.71 bits per heavy atom. The minimum absolute atomic E-state index is 0.628. The second kappa shape index (κ2) is 8.53. The number of hydrogen-bond donors (Lipinski definition) is 1. The molecule has 0 aliphatic carbocycles. The van der Waals surface area contributed by atoms with E-state index >= 15 is 0 Å². The molecule has 0 unspecified atom stereocenters. The molecule has 1 aliphatic rings. The molecule has 8 heteroatoms. The average molecular weight is 398 g/mol. The molecule has 1 fully saturated rings. The number of rotatable bonds is 6. The van der Waals surface area contributed by atoms with Gasteiger partial charge in [-0.3, -0.25) is 0 Å². The number of para-hydroxylation sites is 3. The van der Waals surface area contributed by atoms with E-state index < -0.39 is 0 Å². The Morgan fingerprint density at radius 3 is 2.46 bits per heavy atom. The van der Waals surface area contributed by atoms with Crippen molar-refractivity contribution in [2.45, 2.75) is 13.6 Å². The Hall–Kier alpha value is -2.71. The Bertz CT molecular complexity index is 962. The normalized spacial score (nSPS) is 15.0. The second-order valence-electron chi connectivity index (χ2n) is 6.80. The summed E-state index contributed by atoms with van der Waals surface area (Å²) in [5.74, 6) is 0.960. The summed E-state index contributed by atoms with van der Waals surface area (Å²) < 4.78 is 9.95. The van der Waals surface area contributed by atoms with Gasteiger partial charge >= 0.3 is 0 Å². The lowest BCUT2D eigenvalue weighted by atomic mass is 10.2. The summed E-state index contributed by atoms with van der Waals surface area (Å²) in [5.41, 5.74) is 2.11. The summed E-state index contributed by atoms with van der Waals surface area (Å²) in [7, 11) is 0. The van der Waals surface area contributed by atoms with Crippen LogP contribution in [-0.4, -0.2) is 52.6 Å². The third-order valence-corrected chi connectivity index (χ3v) is 5.37. The molecular weight excluding hydrogens is 372 g/mol. The van der Waals surface area contributed by atoms with Crippen molar-refractivity contribution in [3.8, 4) is 11.4 Å². The van der Waals surface area contributed by atoms with Crippen molar-refractivity contribution in [1.82, 2.24) is 19.8 Å². The number of quaternary nitrogens is 1. The zero-order valence-corrected chi connectivity index (χ0v) is 16.8. The molecule has 0 bridgehead atoms. The van der Waals surface area contributed by atoms with Crippen molar-refractivity contribution >= 4 is 17.9 Å². The smallest absolute Gasteiger partial charge is 0.225 e. The van der Waals surface area contributed by atoms with E-state index in [4.69, 9.17) is 17.0 Å². The number of piperazine rings is 1. The predicted octanol–water partition coefficient (Wildman–Crippen LogP) is 1.56. The molecule has 2 heterocycles. The Morgan fingerprint density at radius 1 is 1.00 bits per heavy atom. The molecule has 1 aliphatic heterocycles. The van der Waals surface area contributed by atoms with Gasteiger partial charge < -0.3 is 14.5 Å². The molecule has 1 saturated heterocycles. The van der Waals surface area contributed by atoms with Crippen molar-refractivity contribution < 1.29 is 9.64 Å². The lowest BCUT2D eigenvalue weighted by Gasteiger charge is -2.34. The highest BCUT2D eigenvalue weighted by atomic mass is 32.1. The van der Waals surface area contributed by atoms with Gasteiger partial charge in [0.25, 0.3) is 0 Å². The number of tetrazole rings is 1. The maximum Gasteiger partial charge on any atom is 0.225 e. The molecular formula is C20H25N6OS+. The lowest BCUT2D eigenvalue weighted by Crippen LogP contribution is -3.14. The van der Waals surface area contributed by atoms with Crippen molar-refractivity contribution in [2.24, 2.45) is 0 Å². The summed E-state index contributed by atoms with van der Waals surface area (Å²) in [6.07, 6.45) is 0. The maximum atomic E-state index is 5.79. The minimum Gasteiger partial charge on any atom is -0.492 e. The Balaban J connectivity index is 1.41. The lowest BCUT2D eigenvalue weighted by molar-refractivity contribution is -0.924. The number of nitrogens with one attached hydrogen (secondary N) is 1. The topological polar surface area (TPSA) is 52.6 Å². The fraction of sp³-hybridized carbons (Fsp3) is 0.350. The third-order valence-electron chi connectivity index (χ3n) is 4.99. The van der Waals surface area contributed by atoms with E-state index in [0.29, 0.717) is 11.4 Å². The van der Waals surface area contributed by atoms with E-state index in [9.17, 15) is 0 Å². The number of hydrogen-bond acceptors (Lipinski definition) is 5. The van der Waals surface area contributed by atoms with Gasteiger partial charge in [0.15, 0.2) is 6.67 Å². The molecule has 0 amide bonds. The van der Waals surface area contributed by atoms with Crippen LogP contribution in [0.5, 0.6) is 5.75 Å². The van der Waals surface area contributed by atoms with Gasteiger partial charge in [0.05, 0.1) is 44.2 Å². The predicted molar refractivity (Wildman–Crippen MR) is 111 cm³/mol. The molecule has 146 valence electrons. The zero-order chi connectivity index (χ0) is 19.3. The van der Waals surface area contributed by atoms with Crippen LogP contribution < -0.4 is 14.5 Å². The van der Waals surface area contributed by atoms with Gasteiger partial charge in [0.2, 0.25) is 4.77 Å². The Kier molecular flexibility index (Phi) is 5.68. The first-order chi connectivity index (χ1) is 13.8. The fourth-order valence-electron chi connectivity index (χ4n) is 3.53. The van der Waals surface area contributed by atoms with Crippen LogP contribution in [0.2, 0.25) is 0 Å². The maximum absolute atomic E-state index is 5.79. The van der Waals surface area contributed by atoms with Crippen LogP contribution in [0, 0.1) is 4.77 Å². The summed E-state index contributed by atoms with van der Waals surface area (Å²) in [4.78, 5) is 3.84. The van der Waals surface area contributed by atoms with Gasteiger partial charge in [0.1, 0.15) is 5.75 Å². The number of benzene rings is 2. The van der Waals surface area contributed by atoms with Crippen molar-refractivity contribution in [3.05, 3.63) is 59.4 Å². The first-order valence-corrected chi connectivity index (χ1v) is 10.1. The van der Waals surface area contributed by atoms with Gasteiger partial charge in [-0.1, -0.05) is 30.3 Å². The molecule has 1 N–H and O–H groups in total. The van der Waals surface area contributed by atoms with Gasteiger partial charge in [-0.05, 0) is 53.8 Å². The molecule has 7 nitrogen and oxygen atoms in total. The van der Waals surface area contributed by atoms with Gasteiger partial charge in [-0.2, -0.15) is 9.36 Å². The molecule has 2 aromatic carbocycles. The molecule has 3 aromatic rings. The van der Waals surface area contributed by atoms with E-state index in [2.05, 4.69) is 27.5 Å². The summed E-state index contributed by atoms with van der Waals surface area (Å²) in [6, 6.07) is 18.2. The highest BCUT2D eigenvalue weighted by molar-refractivity contribution is 7.71. The van der Waals surface area contributed by atoms with Gasteiger partial charge in [0, 0.05) is 0 Å². The standard InChI is InChI=1S/C20H24N6OS/c1-2-27-19-11-7-6-10-18(19)24-14-12-23(13-15-24)16-25-20(28)26(22-21-25)17-8-4-3-5-9-17/h3-11H,2,12-16H2,1H3/p+1. The first kappa shape index (κ1) is 18.6. The van der Waals surface area contributed by atoms with E-state index in [1.165, 1.54) is 10.6 Å². The van der Waals surface area contributed by atoms with Gasteiger partial charge in [-0.25, -0.2) is 0 Å². The van der Waals surface area contributed by atoms with E-state index in [-0.39, 0.29) is 0 Å². The van der Waals surface area contributed by atoms with Crippen LogP contribution in [-0.2, 0) is 6.67 Å². The highest BCUT2D eigenvalue weighted by Gasteiger charge is 2.23. The number of anilines is 1. The monoisotopic (exact) mass is 397 g/mol. The third kappa shape index (κ3) is 3.93. The van der Waals surface area contributed by atoms with E-state index in [1.54, 1.807) is 4.68 Å². The van der Waals surface area contributed by atoms with Crippen LogP contribution in [0.25, 0.3) is 5.69 Å². The summed E-state index contributed by atoms with van der Waals surface area (Å²) in [5, 5.41) is 8.50. The van der Waals surface area contributed by atoms with Crippen LogP contribution in [0.15, 0.2) is 54.6 Å². The number of ether oxygens (including phenoxy) is 1. The van der Waals surface area contributed by atoms with Gasteiger partial charge in [-0.15, -0.1) is 0 Å². The van der Waals surface area contributed by atoms with E-state index in [0.717, 1.165) is 44.3 Å².